The first-order chi connectivity index (χ1) is 12.8. The molecule has 0 fully saturated rings. The molecule has 0 aliphatic carbocycles. The molecule has 0 radical (unpaired) electrons. The number of benzene rings is 3. The molecule has 0 bridgehead atoms. The van der Waals surface area contributed by atoms with Gasteiger partial charge in [0.05, 0.1) is 5.69 Å². The number of amides is 1. The number of nitrogens with zero attached hydrogens (tertiary/aromatic N) is 2. The Morgan fingerprint density at radius 3 is 2.11 bits per heavy atom. The average Bonchev–Trinajstić information content (AvgIpc) is 2.67. The van der Waals surface area contributed by atoms with Crippen molar-refractivity contribution in [3.8, 4) is 0 Å². The summed E-state index contributed by atoms with van der Waals surface area (Å²) in [7, 11) is 0.844. The number of carbonyl (C=O) groups excluding carboxylic acids is 1. The highest BCUT2D eigenvalue weighted by Crippen LogP contribution is 2.21. The number of nitrogens with one attached hydrogen (secondary N) is 1. The van der Waals surface area contributed by atoms with Crippen LogP contribution in [0.15, 0.2) is 66.7 Å². The predicted molar refractivity (Wildman–Crippen MR) is 109 cm³/mol. The Bertz CT molecular complexity index is 1080. The molecule has 0 heterocycles. The van der Waals surface area contributed by atoms with Crippen molar-refractivity contribution in [1.29, 1.82) is 0 Å². The van der Waals surface area contributed by atoms with E-state index in [1.165, 1.54) is 21.1 Å². The standard InChI is InChI=1S/C20H21N3O3S/c1-22(2)27(25,26)23(3)19-12-9-16(10-13-19)20(24)21-18-11-8-15-6-4-5-7-17(15)14-18/h4-14H,1-3H3,(H,21,24). The van der Waals surface area contributed by atoms with Gasteiger partial charge in [0.25, 0.3) is 5.91 Å². The van der Waals surface area contributed by atoms with E-state index in [0.29, 0.717) is 16.9 Å². The second-order valence-electron chi connectivity index (χ2n) is 6.32. The highest BCUT2D eigenvalue weighted by Gasteiger charge is 2.21. The van der Waals surface area contributed by atoms with Crippen LogP contribution < -0.4 is 9.62 Å². The molecule has 3 rings (SSSR count). The second kappa shape index (κ2) is 7.38. The molecule has 0 saturated heterocycles. The van der Waals surface area contributed by atoms with E-state index in [4.69, 9.17) is 0 Å². The van der Waals surface area contributed by atoms with Crippen molar-refractivity contribution < 1.29 is 13.2 Å². The third kappa shape index (κ3) is 3.94. The molecule has 3 aromatic rings. The summed E-state index contributed by atoms with van der Waals surface area (Å²) in [6, 6.07) is 20.1. The SMILES string of the molecule is CN(C)S(=O)(=O)N(C)c1ccc(C(=O)Nc2ccc3ccccc3c2)cc1. The Hall–Kier alpha value is -2.90. The number of carbonyl (C=O) groups is 1. The van der Waals surface area contributed by atoms with Crippen molar-refractivity contribution >= 4 is 38.3 Å². The lowest BCUT2D eigenvalue weighted by Gasteiger charge is -2.23. The summed E-state index contributed by atoms with van der Waals surface area (Å²) in [4.78, 5) is 12.5. The zero-order chi connectivity index (χ0) is 19.6. The van der Waals surface area contributed by atoms with E-state index in [9.17, 15) is 13.2 Å². The van der Waals surface area contributed by atoms with Crippen LogP contribution in [0.3, 0.4) is 0 Å². The Morgan fingerprint density at radius 2 is 1.48 bits per heavy atom. The van der Waals surface area contributed by atoms with Gasteiger partial charge < -0.3 is 5.32 Å². The molecule has 1 N–H and O–H groups in total. The monoisotopic (exact) mass is 383 g/mol. The number of hydrogen-bond acceptors (Lipinski definition) is 3. The molecule has 0 saturated carbocycles. The molecule has 0 unspecified atom stereocenters. The van der Waals surface area contributed by atoms with Crippen LogP contribution in [0.2, 0.25) is 0 Å². The quantitative estimate of drug-likeness (QED) is 0.735. The van der Waals surface area contributed by atoms with Crippen LogP contribution in [-0.2, 0) is 10.2 Å². The van der Waals surface area contributed by atoms with Crippen LogP contribution in [0.25, 0.3) is 10.8 Å². The van der Waals surface area contributed by atoms with Gasteiger partial charge in [-0.2, -0.15) is 12.7 Å². The fourth-order valence-corrected chi connectivity index (χ4v) is 3.55. The second-order valence-corrected chi connectivity index (χ2v) is 8.49. The molecule has 0 aliphatic heterocycles. The summed E-state index contributed by atoms with van der Waals surface area (Å²) >= 11 is 0. The van der Waals surface area contributed by atoms with Crippen LogP contribution >= 0.6 is 0 Å². The summed E-state index contributed by atoms with van der Waals surface area (Å²) < 4.78 is 26.6. The fraction of sp³-hybridized carbons (Fsp3) is 0.150. The maximum atomic E-state index is 12.5. The van der Waals surface area contributed by atoms with Crippen LogP contribution in [0.1, 0.15) is 10.4 Å². The first-order valence-electron chi connectivity index (χ1n) is 8.35. The minimum absolute atomic E-state index is 0.255. The van der Waals surface area contributed by atoms with E-state index < -0.39 is 10.2 Å². The summed E-state index contributed by atoms with van der Waals surface area (Å²) in [5, 5.41) is 5.01. The lowest BCUT2D eigenvalue weighted by Crippen LogP contribution is -2.37. The van der Waals surface area contributed by atoms with Crippen molar-refractivity contribution in [3.63, 3.8) is 0 Å². The van der Waals surface area contributed by atoms with Gasteiger partial charge in [-0.15, -0.1) is 0 Å². The first-order valence-corrected chi connectivity index (χ1v) is 9.75. The lowest BCUT2D eigenvalue weighted by atomic mass is 10.1. The fourth-order valence-electron chi connectivity index (χ4n) is 2.67. The highest BCUT2D eigenvalue weighted by atomic mass is 32.2. The minimum Gasteiger partial charge on any atom is -0.322 e. The minimum atomic E-state index is -3.57. The summed E-state index contributed by atoms with van der Waals surface area (Å²) in [6.45, 7) is 0. The van der Waals surface area contributed by atoms with E-state index in [0.717, 1.165) is 19.4 Å². The van der Waals surface area contributed by atoms with Crippen LogP contribution in [-0.4, -0.2) is 39.8 Å². The van der Waals surface area contributed by atoms with Gasteiger partial charge in [0.1, 0.15) is 0 Å². The Kier molecular flexibility index (Phi) is 5.16. The number of anilines is 2. The molecule has 0 spiro atoms. The Morgan fingerprint density at radius 1 is 0.852 bits per heavy atom. The summed E-state index contributed by atoms with van der Waals surface area (Å²) in [6.07, 6.45) is 0. The first kappa shape index (κ1) is 18.9. The number of fused-ring (bicyclic) bond motifs is 1. The van der Waals surface area contributed by atoms with Crippen LogP contribution in [0, 0.1) is 0 Å². The lowest BCUT2D eigenvalue weighted by molar-refractivity contribution is 0.102. The zero-order valence-corrected chi connectivity index (χ0v) is 16.2. The van der Waals surface area contributed by atoms with E-state index >= 15 is 0 Å². The molecular formula is C20H21N3O3S. The maximum Gasteiger partial charge on any atom is 0.303 e. The molecule has 0 atom stereocenters. The van der Waals surface area contributed by atoms with Crippen molar-refractivity contribution in [2.75, 3.05) is 30.8 Å². The van der Waals surface area contributed by atoms with Gasteiger partial charge in [0.15, 0.2) is 0 Å². The maximum absolute atomic E-state index is 12.5. The van der Waals surface area contributed by atoms with Gasteiger partial charge in [0.2, 0.25) is 0 Å². The summed E-state index contributed by atoms with van der Waals surface area (Å²) in [5.41, 5.74) is 1.63. The van der Waals surface area contributed by atoms with E-state index in [1.54, 1.807) is 24.3 Å². The molecular weight excluding hydrogens is 362 g/mol. The number of rotatable bonds is 5. The van der Waals surface area contributed by atoms with Crippen molar-refractivity contribution in [2.45, 2.75) is 0 Å². The van der Waals surface area contributed by atoms with Gasteiger partial charge in [-0.05, 0) is 47.2 Å². The van der Waals surface area contributed by atoms with Gasteiger partial charge in [-0.25, -0.2) is 0 Å². The molecule has 1 amide bonds. The van der Waals surface area contributed by atoms with Gasteiger partial charge in [0, 0.05) is 32.4 Å². The average molecular weight is 383 g/mol. The molecule has 27 heavy (non-hydrogen) atoms. The Labute approximate surface area is 159 Å². The molecule has 0 aliphatic rings. The molecule has 6 nitrogen and oxygen atoms in total. The number of hydrogen-bond donors (Lipinski definition) is 1. The topological polar surface area (TPSA) is 69.7 Å². The molecule has 0 aromatic heterocycles. The smallest absolute Gasteiger partial charge is 0.303 e. The molecule has 7 heteroatoms. The van der Waals surface area contributed by atoms with Crippen molar-refractivity contribution in [1.82, 2.24) is 4.31 Å². The van der Waals surface area contributed by atoms with Gasteiger partial charge >= 0.3 is 10.2 Å². The van der Waals surface area contributed by atoms with Gasteiger partial charge in [-0.1, -0.05) is 30.3 Å². The third-order valence-corrected chi connectivity index (χ3v) is 6.13. The predicted octanol–water partition coefficient (Wildman–Crippen LogP) is 3.33. The van der Waals surface area contributed by atoms with Crippen LogP contribution in [0.4, 0.5) is 11.4 Å². The molecule has 3 aromatic carbocycles. The normalized spacial score (nSPS) is 11.6. The van der Waals surface area contributed by atoms with Gasteiger partial charge in [-0.3, -0.25) is 9.10 Å². The summed E-state index contributed by atoms with van der Waals surface area (Å²) in [5.74, 6) is -0.255. The van der Waals surface area contributed by atoms with Crippen LogP contribution in [0.5, 0.6) is 0 Å². The largest absolute Gasteiger partial charge is 0.322 e. The highest BCUT2D eigenvalue weighted by molar-refractivity contribution is 7.90. The van der Waals surface area contributed by atoms with E-state index in [2.05, 4.69) is 5.32 Å². The van der Waals surface area contributed by atoms with E-state index in [-0.39, 0.29) is 5.91 Å². The van der Waals surface area contributed by atoms with Crippen molar-refractivity contribution in [3.05, 3.63) is 72.3 Å². The zero-order valence-electron chi connectivity index (χ0n) is 15.4. The van der Waals surface area contributed by atoms with Crippen molar-refractivity contribution in [2.24, 2.45) is 0 Å². The Balaban J connectivity index is 1.77. The van der Waals surface area contributed by atoms with E-state index in [1.807, 2.05) is 42.5 Å². The molecule has 140 valence electrons. The third-order valence-electron chi connectivity index (χ3n) is 4.31.